The van der Waals surface area contributed by atoms with Crippen LogP contribution in [-0.4, -0.2) is 11.6 Å². The maximum Gasteiger partial charge on any atom is 0.210 e. The Kier molecular flexibility index (Phi) is 8.25. The van der Waals surface area contributed by atoms with Gasteiger partial charge in [0.2, 0.25) is 5.78 Å². The maximum absolute atomic E-state index is 14.0. The Bertz CT molecular complexity index is 1870. The second-order valence-corrected chi connectivity index (χ2v) is 13.6. The van der Waals surface area contributed by atoms with E-state index in [0.717, 1.165) is 33.2 Å². The molecule has 0 radical (unpaired) electrons. The fraction of sp³-hybridized carbons (Fsp3) is 0.0476. The van der Waals surface area contributed by atoms with E-state index < -0.39 is 7.92 Å². The summed E-state index contributed by atoms with van der Waals surface area (Å²) in [5.41, 5.74) is 6.45. The standard InChI is InChI=1S/C42H32NO2P/c1-29-26-36(40(30-16-6-2-7-17-30)31-18-8-3-9-19-31)41(43-37-28-38(44)34-24-14-15-25-35(34)42(37)45)39(27-29)46(32-20-10-4-11-21-32)33-22-12-5-13-23-33/h2-28,40,43H,1H3. The van der Waals surface area contributed by atoms with E-state index in [0.29, 0.717) is 11.1 Å². The molecule has 222 valence electrons. The zero-order valence-corrected chi connectivity index (χ0v) is 26.3. The van der Waals surface area contributed by atoms with E-state index in [1.165, 1.54) is 16.7 Å². The molecule has 1 aliphatic rings. The van der Waals surface area contributed by atoms with Crippen molar-refractivity contribution in [1.82, 2.24) is 0 Å². The molecule has 7 rings (SSSR count). The Morgan fingerprint density at radius 3 is 1.59 bits per heavy atom. The van der Waals surface area contributed by atoms with Gasteiger partial charge >= 0.3 is 0 Å². The Morgan fingerprint density at radius 2 is 1.04 bits per heavy atom. The number of nitrogens with one attached hydrogen (secondary N) is 1. The number of Topliss-reactive ketones (excluding diaryl/α,β-unsaturated/α-hetero) is 1. The molecule has 0 saturated carbocycles. The number of fused-ring (bicyclic) bond motifs is 1. The lowest BCUT2D eigenvalue weighted by Crippen LogP contribution is -2.28. The fourth-order valence-corrected chi connectivity index (χ4v) is 8.84. The summed E-state index contributed by atoms with van der Waals surface area (Å²) in [6.45, 7) is 2.14. The van der Waals surface area contributed by atoms with Gasteiger partial charge < -0.3 is 5.32 Å². The normalized spacial score (nSPS) is 12.6. The van der Waals surface area contributed by atoms with Crippen molar-refractivity contribution < 1.29 is 9.59 Å². The highest BCUT2D eigenvalue weighted by Gasteiger charge is 2.31. The Balaban J connectivity index is 1.51. The van der Waals surface area contributed by atoms with Crippen LogP contribution in [0, 0.1) is 6.92 Å². The van der Waals surface area contributed by atoms with Gasteiger partial charge in [-0.05, 0) is 48.2 Å². The minimum absolute atomic E-state index is 0.130. The summed E-state index contributed by atoms with van der Waals surface area (Å²) in [7, 11) is -1.05. The van der Waals surface area contributed by atoms with Crippen LogP contribution in [0.2, 0.25) is 0 Å². The molecular weight excluding hydrogens is 581 g/mol. The van der Waals surface area contributed by atoms with Gasteiger partial charge in [-0.1, -0.05) is 157 Å². The molecule has 0 unspecified atom stereocenters. The fourth-order valence-electron chi connectivity index (χ4n) is 6.30. The molecule has 0 aromatic heterocycles. The van der Waals surface area contributed by atoms with Crippen molar-refractivity contribution >= 4 is 41.1 Å². The summed E-state index contributed by atoms with van der Waals surface area (Å²) in [5.74, 6) is -0.495. The molecule has 6 aromatic carbocycles. The van der Waals surface area contributed by atoms with Gasteiger partial charge in [-0.25, -0.2) is 0 Å². The molecule has 0 amide bonds. The van der Waals surface area contributed by atoms with E-state index in [1.54, 1.807) is 24.3 Å². The number of rotatable bonds is 8. The molecule has 0 bridgehead atoms. The van der Waals surface area contributed by atoms with E-state index in [1.807, 2.05) is 24.3 Å². The second kappa shape index (κ2) is 12.9. The number of anilines is 1. The number of aryl methyl sites for hydroxylation is 1. The molecule has 0 aliphatic heterocycles. The van der Waals surface area contributed by atoms with Gasteiger partial charge in [-0.3, -0.25) is 9.59 Å². The average Bonchev–Trinajstić information content (AvgIpc) is 3.10. The predicted molar refractivity (Wildman–Crippen MR) is 191 cm³/mol. The topological polar surface area (TPSA) is 46.2 Å². The molecule has 0 atom stereocenters. The van der Waals surface area contributed by atoms with Crippen LogP contribution in [0.4, 0.5) is 5.69 Å². The van der Waals surface area contributed by atoms with Crippen LogP contribution in [0.1, 0.15) is 48.9 Å². The van der Waals surface area contributed by atoms with E-state index in [2.05, 4.69) is 121 Å². The van der Waals surface area contributed by atoms with Crippen LogP contribution in [0.25, 0.3) is 0 Å². The lowest BCUT2D eigenvalue weighted by Gasteiger charge is -2.30. The summed E-state index contributed by atoms with van der Waals surface area (Å²) in [4.78, 5) is 27.3. The third-order valence-corrected chi connectivity index (χ3v) is 10.8. The van der Waals surface area contributed by atoms with Crippen molar-refractivity contribution in [1.29, 1.82) is 0 Å². The first-order valence-electron chi connectivity index (χ1n) is 15.4. The van der Waals surface area contributed by atoms with Crippen molar-refractivity contribution in [3.63, 3.8) is 0 Å². The van der Waals surface area contributed by atoms with Crippen molar-refractivity contribution in [2.45, 2.75) is 12.8 Å². The van der Waals surface area contributed by atoms with E-state index in [9.17, 15) is 9.59 Å². The molecule has 0 spiro atoms. The minimum Gasteiger partial charge on any atom is -0.351 e. The molecule has 1 N–H and O–H groups in total. The van der Waals surface area contributed by atoms with E-state index in [4.69, 9.17) is 0 Å². The number of ketones is 2. The van der Waals surface area contributed by atoms with Crippen LogP contribution in [0.3, 0.4) is 0 Å². The summed E-state index contributed by atoms with van der Waals surface area (Å²) in [6, 6.07) is 53.6. The molecule has 0 saturated heterocycles. The Labute approximate surface area is 271 Å². The second-order valence-electron chi connectivity index (χ2n) is 11.4. The van der Waals surface area contributed by atoms with Gasteiger partial charge in [0, 0.05) is 28.4 Å². The number of benzene rings is 6. The molecular formula is C42H32NO2P. The predicted octanol–water partition coefficient (Wildman–Crippen LogP) is 8.31. The quantitative estimate of drug-likeness (QED) is 0.139. The van der Waals surface area contributed by atoms with Gasteiger partial charge in [0.25, 0.3) is 0 Å². The molecule has 4 heteroatoms. The van der Waals surface area contributed by atoms with Crippen LogP contribution in [0.15, 0.2) is 169 Å². The Morgan fingerprint density at radius 1 is 0.565 bits per heavy atom. The van der Waals surface area contributed by atoms with Gasteiger partial charge in [0.1, 0.15) is 0 Å². The Hall–Kier alpha value is -5.37. The highest BCUT2D eigenvalue weighted by molar-refractivity contribution is 7.80. The lowest BCUT2D eigenvalue weighted by atomic mass is 9.83. The first-order valence-corrected chi connectivity index (χ1v) is 16.7. The van der Waals surface area contributed by atoms with Gasteiger partial charge in [-0.15, -0.1) is 0 Å². The van der Waals surface area contributed by atoms with Crippen molar-refractivity contribution in [3.05, 3.63) is 203 Å². The molecule has 0 fully saturated rings. The SMILES string of the molecule is Cc1cc(C(c2ccccc2)c2ccccc2)c(NC2=CC(=O)c3ccccc3C2=O)c(P(c2ccccc2)c2ccccc2)c1. The van der Waals surface area contributed by atoms with Gasteiger partial charge in [0.15, 0.2) is 5.78 Å². The monoisotopic (exact) mass is 613 g/mol. The molecule has 3 nitrogen and oxygen atoms in total. The number of hydrogen-bond donors (Lipinski definition) is 1. The van der Waals surface area contributed by atoms with Crippen LogP contribution >= 0.6 is 7.92 Å². The van der Waals surface area contributed by atoms with Gasteiger partial charge in [-0.2, -0.15) is 0 Å². The zero-order chi connectivity index (χ0) is 31.5. The molecule has 0 heterocycles. The van der Waals surface area contributed by atoms with Gasteiger partial charge in [0.05, 0.1) is 11.4 Å². The highest BCUT2D eigenvalue weighted by atomic mass is 31.1. The van der Waals surface area contributed by atoms with Crippen LogP contribution < -0.4 is 21.2 Å². The summed E-state index contributed by atoms with van der Waals surface area (Å²) in [5, 5.41) is 7.11. The number of allylic oxidation sites excluding steroid dienone is 2. The summed E-state index contributed by atoms with van der Waals surface area (Å²) >= 11 is 0. The van der Waals surface area contributed by atoms with Crippen LogP contribution in [0.5, 0.6) is 0 Å². The summed E-state index contributed by atoms with van der Waals surface area (Å²) in [6.07, 6.45) is 1.46. The van der Waals surface area contributed by atoms with Crippen molar-refractivity contribution in [3.8, 4) is 0 Å². The molecule has 6 aromatic rings. The lowest BCUT2D eigenvalue weighted by molar-refractivity contribution is 0.0985. The smallest absolute Gasteiger partial charge is 0.210 e. The average molecular weight is 614 g/mol. The third-order valence-electron chi connectivity index (χ3n) is 8.36. The van der Waals surface area contributed by atoms with Crippen LogP contribution in [-0.2, 0) is 0 Å². The third kappa shape index (κ3) is 5.74. The van der Waals surface area contributed by atoms with Crippen molar-refractivity contribution in [2.24, 2.45) is 0 Å². The largest absolute Gasteiger partial charge is 0.351 e. The molecule has 46 heavy (non-hydrogen) atoms. The zero-order valence-electron chi connectivity index (χ0n) is 25.4. The number of carbonyl (C=O) groups excluding carboxylic acids is 2. The number of hydrogen-bond acceptors (Lipinski definition) is 3. The van der Waals surface area contributed by atoms with Crippen molar-refractivity contribution in [2.75, 3.05) is 5.32 Å². The molecule has 1 aliphatic carbocycles. The maximum atomic E-state index is 14.0. The van der Waals surface area contributed by atoms with E-state index >= 15 is 0 Å². The minimum atomic E-state index is -1.05. The number of carbonyl (C=O) groups is 2. The first-order chi connectivity index (χ1) is 22.6. The van der Waals surface area contributed by atoms with E-state index in [-0.39, 0.29) is 23.2 Å². The highest BCUT2D eigenvalue weighted by Crippen LogP contribution is 2.43. The summed E-state index contributed by atoms with van der Waals surface area (Å²) < 4.78 is 0. The first kappa shape index (κ1) is 29.3.